The summed E-state index contributed by atoms with van der Waals surface area (Å²) in [7, 11) is 0. The third-order valence-corrected chi connectivity index (χ3v) is 5.67. The molecule has 2 heterocycles. The summed E-state index contributed by atoms with van der Waals surface area (Å²) in [5.41, 5.74) is 4.74. The van der Waals surface area contributed by atoms with Crippen LogP contribution in [0.4, 0.5) is 0 Å². The first-order chi connectivity index (χ1) is 13.8. The third-order valence-electron chi connectivity index (χ3n) is 5.67. The molecule has 1 fully saturated rings. The van der Waals surface area contributed by atoms with Crippen LogP contribution in [0.3, 0.4) is 0 Å². The molecule has 1 unspecified atom stereocenters. The summed E-state index contributed by atoms with van der Waals surface area (Å²) in [6, 6.07) is 17.0. The smallest absolute Gasteiger partial charge is 0.205 e. The van der Waals surface area contributed by atoms with E-state index in [2.05, 4.69) is 66.6 Å². The van der Waals surface area contributed by atoms with Crippen molar-refractivity contribution in [2.75, 3.05) is 6.61 Å². The fourth-order valence-corrected chi connectivity index (χ4v) is 4.10. The van der Waals surface area contributed by atoms with E-state index in [-0.39, 0.29) is 6.23 Å². The minimum absolute atomic E-state index is 0.101. The van der Waals surface area contributed by atoms with E-state index in [9.17, 15) is 0 Å². The summed E-state index contributed by atoms with van der Waals surface area (Å²) >= 11 is 0. The van der Waals surface area contributed by atoms with Gasteiger partial charge in [-0.3, -0.25) is 0 Å². The van der Waals surface area contributed by atoms with E-state index in [1.165, 1.54) is 11.1 Å². The fraction of sp³-hybridized carbons (Fsp3) is 0.435. The number of hydrogen-bond donors (Lipinski definition) is 0. The first-order valence-electron chi connectivity index (χ1n) is 10.4. The third kappa shape index (κ3) is 3.72. The van der Waals surface area contributed by atoms with Crippen LogP contribution >= 0.6 is 0 Å². The largest absolute Gasteiger partial charge is 0.355 e. The maximum absolute atomic E-state index is 5.85. The van der Waals surface area contributed by atoms with Gasteiger partial charge in [0, 0.05) is 12.2 Å². The van der Waals surface area contributed by atoms with E-state index >= 15 is 0 Å². The molecule has 0 amide bonds. The van der Waals surface area contributed by atoms with Crippen LogP contribution in [-0.2, 0) is 4.74 Å². The molecule has 1 aromatic heterocycles. The van der Waals surface area contributed by atoms with Crippen LogP contribution in [-0.4, -0.2) is 26.8 Å². The number of benzene rings is 2. The molecule has 4 rings (SSSR count). The van der Waals surface area contributed by atoms with Crippen molar-refractivity contribution in [3.63, 3.8) is 0 Å². The number of nitrogens with zero attached hydrogens (tertiary/aromatic N) is 4. The molecule has 5 nitrogen and oxygen atoms in total. The molecular weight excluding hydrogens is 348 g/mol. The first-order valence-corrected chi connectivity index (χ1v) is 10.4. The quantitative estimate of drug-likeness (QED) is 0.561. The molecule has 0 radical (unpaired) electrons. The van der Waals surface area contributed by atoms with Gasteiger partial charge in [-0.25, -0.2) is 0 Å². The minimum atomic E-state index is -0.101. The van der Waals surface area contributed by atoms with Crippen LogP contribution in [0.5, 0.6) is 0 Å². The van der Waals surface area contributed by atoms with Gasteiger partial charge in [-0.1, -0.05) is 62.4 Å². The lowest BCUT2D eigenvalue weighted by molar-refractivity contribution is -0.0488. The summed E-state index contributed by atoms with van der Waals surface area (Å²) in [6.45, 7) is 5.25. The van der Waals surface area contributed by atoms with Gasteiger partial charge in [0.05, 0.1) is 0 Å². The topological polar surface area (TPSA) is 52.8 Å². The number of rotatable bonds is 6. The van der Waals surface area contributed by atoms with E-state index in [4.69, 9.17) is 9.84 Å². The molecule has 0 saturated carbocycles. The molecule has 146 valence electrons. The van der Waals surface area contributed by atoms with Gasteiger partial charge in [0.1, 0.15) is 0 Å². The van der Waals surface area contributed by atoms with Crippen LogP contribution in [0.15, 0.2) is 48.5 Å². The average molecular weight is 377 g/mol. The predicted molar refractivity (Wildman–Crippen MR) is 111 cm³/mol. The molecule has 0 N–H and O–H groups in total. The van der Waals surface area contributed by atoms with Gasteiger partial charge in [0.15, 0.2) is 6.23 Å². The number of aromatic nitrogens is 4. The van der Waals surface area contributed by atoms with Crippen molar-refractivity contribution >= 4 is 0 Å². The highest BCUT2D eigenvalue weighted by Gasteiger charge is 2.23. The molecule has 1 saturated heterocycles. The monoisotopic (exact) mass is 376 g/mol. The van der Waals surface area contributed by atoms with Crippen molar-refractivity contribution in [3.05, 3.63) is 54.1 Å². The van der Waals surface area contributed by atoms with Gasteiger partial charge in [0.25, 0.3) is 0 Å². The number of hydrogen-bond acceptors (Lipinski definition) is 4. The van der Waals surface area contributed by atoms with Gasteiger partial charge in [-0.2, -0.15) is 0 Å². The summed E-state index contributed by atoms with van der Waals surface area (Å²) in [4.78, 5) is 1.66. The Morgan fingerprint density at radius 1 is 1.04 bits per heavy atom. The maximum Gasteiger partial charge on any atom is 0.205 e. The molecule has 0 spiro atoms. The Labute approximate surface area is 166 Å². The maximum atomic E-state index is 5.85. The Balaban J connectivity index is 1.83. The van der Waals surface area contributed by atoms with Crippen LogP contribution in [0.25, 0.3) is 22.5 Å². The van der Waals surface area contributed by atoms with Crippen molar-refractivity contribution in [2.45, 2.75) is 58.1 Å². The number of ether oxygens (including phenoxy) is 1. The highest BCUT2D eigenvalue weighted by molar-refractivity contribution is 5.83. The van der Waals surface area contributed by atoms with E-state index < -0.39 is 0 Å². The Morgan fingerprint density at radius 3 is 2.57 bits per heavy atom. The van der Waals surface area contributed by atoms with Crippen LogP contribution in [0.2, 0.25) is 0 Å². The summed E-state index contributed by atoms with van der Waals surface area (Å²) in [6.07, 6.45) is 5.25. The molecule has 2 aromatic carbocycles. The van der Waals surface area contributed by atoms with Crippen molar-refractivity contribution < 1.29 is 4.74 Å². The van der Waals surface area contributed by atoms with Crippen molar-refractivity contribution in [1.29, 1.82) is 0 Å². The molecular formula is C23H28N4O. The van der Waals surface area contributed by atoms with Gasteiger partial charge in [-0.05, 0) is 59.9 Å². The van der Waals surface area contributed by atoms with E-state index in [0.29, 0.717) is 11.7 Å². The highest BCUT2D eigenvalue weighted by atomic mass is 16.5. The lowest BCUT2D eigenvalue weighted by Gasteiger charge is -2.21. The van der Waals surface area contributed by atoms with Crippen molar-refractivity contribution in [3.8, 4) is 22.5 Å². The molecule has 1 aliphatic rings. The average Bonchev–Trinajstić information content (AvgIpc) is 3.26. The fourth-order valence-electron chi connectivity index (χ4n) is 4.10. The zero-order chi connectivity index (χ0) is 19.3. The van der Waals surface area contributed by atoms with Crippen LogP contribution < -0.4 is 0 Å². The highest BCUT2D eigenvalue weighted by Crippen LogP contribution is 2.38. The molecule has 3 aromatic rings. The zero-order valence-corrected chi connectivity index (χ0v) is 16.7. The Hall–Kier alpha value is -2.53. The van der Waals surface area contributed by atoms with E-state index in [0.717, 1.165) is 49.8 Å². The molecule has 1 aliphatic heterocycles. The Morgan fingerprint density at radius 2 is 1.86 bits per heavy atom. The molecule has 0 bridgehead atoms. The van der Waals surface area contributed by atoms with E-state index in [1.807, 2.05) is 6.07 Å². The lowest BCUT2D eigenvalue weighted by Crippen LogP contribution is -2.20. The summed E-state index contributed by atoms with van der Waals surface area (Å²) < 4.78 is 5.85. The second kappa shape index (κ2) is 8.65. The molecule has 28 heavy (non-hydrogen) atoms. The van der Waals surface area contributed by atoms with Crippen molar-refractivity contribution in [1.82, 2.24) is 20.2 Å². The van der Waals surface area contributed by atoms with Crippen LogP contribution in [0, 0.1) is 0 Å². The standard InChI is InChI=1S/C23H28N4O/c1-3-17(4-2)19-13-10-14-20(18-11-6-5-7-12-18)22(19)23-24-26-27(25-23)21-15-8-9-16-28-21/h5-7,10-14,17,21H,3-4,8-9,15-16H2,1-2H3. The van der Waals surface area contributed by atoms with Crippen LogP contribution in [0.1, 0.15) is 63.7 Å². The molecule has 5 heteroatoms. The summed E-state index contributed by atoms with van der Waals surface area (Å²) in [5, 5.41) is 13.6. The van der Waals surface area contributed by atoms with Gasteiger partial charge in [0.2, 0.25) is 5.82 Å². The van der Waals surface area contributed by atoms with Gasteiger partial charge in [-0.15, -0.1) is 15.0 Å². The zero-order valence-electron chi connectivity index (χ0n) is 16.7. The second-order valence-electron chi connectivity index (χ2n) is 7.40. The van der Waals surface area contributed by atoms with Crippen molar-refractivity contribution in [2.24, 2.45) is 0 Å². The molecule has 0 aliphatic carbocycles. The van der Waals surface area contributed by atoms with E-state index in [1.54, 1.807) is 4.80 Å². The molecule has 1 atom stereocenters. The Kier molecular flexibility index (Phi) is 5.81. The summed E-state index contributed by atoms with van der Waals surface area (Å²) in [5.74, 6) is 1.16. The SMILES string of the molecule is CCC(CC)c1cccc(-c2ccccc2)c1-c1nnn(C2CCCCO2)n1. The van der Waals surface area contributed by atoms with Gasteiger partial charge >= 0.3 is 0 Å². The predicted octanol–water partition coefficient (Wildman–Crippen LogP) is 5.61. The van der Waals surface area contributed by atoms with Gasteiger partial charge < -0.3 is 4.74 Å². The normalized spacial score (nSPS) is 17.2. The number of tetrazole rings is 1. The second-order valence-corrected chi connectivity index (χ2v) is 7.40. The minimum Gasteiger partial charge on any atom is -0.355 e. The lowest BCUT2D eigenvalue weighted by atomic mass is 9.85. The first kappa shape index (κ1) is 18.8. The Bertz CT molecular complexity index is 896.